The quantitative estimate of drug-likeness (QED) is 0.830. The molecule has 0 saturated carbocycles. The maximum absolute atomic E-state index is 11.1. The average Bonchev–Trinajstić information content (AvgIpc) is 2.37. The Hall–Kier alpha value is -1.75. The number of rotatable bonds is 6. The summed E-state index contributed by atoms with van der Waals surface area (Å²) in [5.74, 6) is 0.624. The minimum absolute atomic E-state index is 0.0640. The summed E-state index contributed by atoms with van der Waals surface area (Å²) in [6, 6.07) is 5.58. The molecule has 106 valence electrons. The van der Waals surface area contributed by atoms with Gasteiger partial charge in [-0.15, -0.1) is 0 Å². The fraction of sp³-hybridized carbons (Fsp3) is 0.500. The lowest BCUT2D eigenvalue weighted by molar-refractivity contribution is -0.114. The van der Waals surface area contributed by atoms with E-state index in [0.29, 0.717) is 0 Å². The normalized spacial score (nSPS) is 13.5. The van der Waals surface area contributed by atoms with Crippen LogP contribution in [0.4, 0.5) is 11.4 Å². The van der Waals surface area contributed by atoms with E-state index >= 15 is 0 Å². The van der Waals surface area contributed by atoms with E-state index in [2.05, 4.69) is 10.6 Å². The summed E-state index contributed by atoms with van der Waals surface area (Å²) in [6.07, 6.45) is 0.0640. The van der Waals surface area contributed by atoms with Crippen molar-refractivity contribution in [2.75, 3.05) is 24.9 Å². The first-order chi connectivity index (χ1) is 8.97. The molecule has 0 saturated heterocycles. The van der Waals surface area contributed by atoms with E-state index in [-0.39, 0.29) is 18.1 Å². The van der Waals surface area contributed by atoms with Gasteiger partial charge in [-0.2, -0.15) is 0 Å². The van der Waals surface area contributed by atoms with E-state index in [9.17, 15) is 4.79 Å². The third-order valence-electron chi connectivity index (χ3n) is 2.98. The Morgan fingerprint density at radius 3 is 2.47 bits per heavy atom. The maximum Gasteiger partial charge on any atom is 0.221 e. The number of amides is 1. The van der Waals surface area contributed by atoms with Crippen LogP contribution in [-0.2, 0) is 9.53 Å². The zero-order chi connectivity index (χ0) is 14.4. The van der Waals surface area contributed by atoms with Crippen molar-refractivity contribution in [2.24, 2.45) is 0 Å². The van der Waals surface area contributed by atoms with Crippen LogP contribution in [-0.4, -0.2) is 32.3 Å². The van der Waals surface area contributed by atoms with Crippen LogP contribution < -0.4 is 15.4 Å². The van der Waals surface area contributed by atoms with Crippen LogP contribution in [0, 0.1) is 0 Å². The van der Waals surface area contributed by atoms with Gasteiger partial charge < -0.3 is 20.1 Å². The second kappa shape index (κ2) is 6.99. The Kier molecular flexibility index (Phi) is 5.63. The molecule has 2 N–H and O–H groups in total. The van der Waals surface area contributed by atoms with Gasteiger partial charge in [0.25, 0.3) is 0 Å². The molecule has 1 amide bonds. The molecule has 19 heavy (non-hydrogen) atoms. The largest absolute Gasteiger partial charge is 0.495 e. The molecular formula is C14H22N2O3. The van der Waals surface area contributed by atoms with Crippen LogP contribution in [0.1, 0.15) is 20.8 Å². The van der Waals surface area contributed by atoms with Crippen LogP contribution in [0.3, 0.4) is 0 Å². The van der Waals surface area contributed by atoms with Crippen molar-refractivity contribution < 1.29 is 14.3 Å². The lowest BCUT2D eigenvalue weighted by Gasteiger charge is -2.22. The van der Waals surface area contributed by atoms with Gasteiger partial charge in [-0.3, -0.25) is 4.79 Å². The van der Waals surface area contributed by atoms with Crippen molar-refractivity contribution in [3.05, 3.63) is 18.2 Å². The van der Waals surface area contributed by atoms with Crippen molar-refractivity contribution in [3.63, 3.8) is 0 Å². The molecule has 0 bridgehead atoms. The standard InChI is InChI=1S/C14H22N2O3/c1-9(10(2)18-4)15-13-8-12(16-11(3)17)6-7-14(13)19-5/h6-10,15H,1-5H3,(H,16,17). The molecule has 1 rings (SSSR count). The van der Waals surface area contributed by atoms with Gasteiger partial charge >= 0.3 is 0 Å². The number of ether oxygens (including phenoxy) is 2. The molecular weight excluding hydrogens is 244 g/mol. The summed E-state index contributed by atoms with van der Waals surface area (Å²) >= 11 is 0. The summed E-state index contributed by atoms with van der Waals surface area (Å²) in [5.41, 5.74) is 1.55. The summed E-state index contributed by atoms with van der Waals surface area (Å²) in [6.45, 7) is 5.49. The number of hydrogen-bond donors (Lipinski definition) is 2. The van der Waals surface area contributed by atoms with Gasteiger partial charge in [0.15, 0.2) is 0 Å². The molecule has 0 aliphatic heterocycles. The van der Waals surface area contributed by atoms with Gasteiger partial charge in [0.1, 0.15) is 5.75 Å². The highest BCUT2D eigenvalue weighted by Crippen LogP contribution is 2.28. The van der Waals surface area contributed by atoms with Crippen LogP contribution in [0.2, 0.25) is 0 Å². The average molecular weight is 266 g/mol. The van der Waals surface area contributed by atoms with Gasteiger partial charge in [0.2, 0.25) is 5.91 Å². The van der Waals surface area contributed by atoms with E-state index < -0.39 is 0 Å². The predicted molar refractivity (Wildman–Crippen MR) is 76.9 cm³/mol. The molecule has 5 heteroatoms. The second-order valence-corrected chi connectivity index (χ2v) is 4.47. The van der Waals surface area contributed by atoms with Crippen molar-refractivity contribution in [1.82, 2.24) is 0 Å². The van der Waals surface area contributed by atoms with Crippen molar-refractivity contribution in [1.29, 1.82) is 0 Å². The summed E-state index contributed by atoms with van der Waals surface area (Å²) in [7, 11) is 3.29. The Morgan fingerprint density at radius 2 is 1.95 bits per heavy atom. The van der Waals surface area contributed by atoms with Crippen molar-refractivity contribution in [3.8, 4) is 5.75 Å². The zero-order valence-electron chi connectivity index (χ0n) is 12.1. The predicted octanol–water partition coefficient (Wildman–Crippen LogP) is 2.49. The van der Waals surface area contributed by atoms with Crippen LogP contribution in [0.5, 0.6) is 5.75 Å². The highest BCUT2D eigenvalue weighted by atomic mass is 16.5. The fourth-order valence-corrected chi connectivity index (χ4v) is 1.67. The molecule has 0 spiro atoms. The SMILES string of the molecule is COc1ccc(NC(C)=O)cc1NC(C)C(C)OC. The number of carbonyl (C=O) groups excluding carboxylic acids is 1. The highest BCUT2D eigenvalue weighted by Gasteiger charge is 2.13. The monoisotopic (exact) mass is 266 g/mol. The number of anilines is 2. The zero-order valence-corrected chi connectivity index (χ0v) is 12.1. The minimum Gasteiger partial charge on any atom is -0.495 e. The van der Waals surface area contributed by atoms with Gasteiger partial charge in [0, 0.05) is 25.8 Å². The minimum atomic E-state index is -0.102. The summed E-state index contributed by atoms with van der Waals surface area (Å²) < 4.78 is 10.6. The van der Waals surface area contributed by atoms with Gasteiger partial charge in [0.05, 0.1) is 18.9 Å². The number of benzene rings is 1. The molecule has 0 heterocycles. The van der Waals surface area contributed by atoms with E-state index in [1.54, 1.807) is 20.3 Å². The molecule has 0 radical (unpaired) electrons. The number of nitrogens with one attached hydrogen (secondary N) is 2. The first kappa shape index (κ1) is 15.3. The molecule has 1 aromatic carbocycles. The number of methoxy groups -OCH3 is 2. The smallest absolute Gasteiger partial charge is 0.221 e. The second-order valence-electron chi connectivity index (χ2n) is 4.47. The molecule has 0 aromatic heterocycles. The Labute approximate surface area is 114 Å². The van der Waals surface area contributed by atoms with E-state index in [0.717, 1.165) is 17.1 Å². The number of carbonyl (C=O) groups is 1. The van der Waals surface area contributed by atoms with Crippen molar-refractivity contribution in [2.45, 2.75) is 32.9 Å². The third-order valence-corrected chi connectivity index (χ3v) is 2.98. The first-order valence-corrected chi connectivity index (χ1v) is 6.23. The number of hydrogen-bond acceptors (Lipinski definition) is 4. The third kappa shape index (κ3) is 4.44. The maximum atomic E-state index is 11.1. The molecule has 2 atom stereocenters. The van der Waals surface area contributed by atoms with E-state index in [1.807, 2.05) is 26.0 Å². The molecule has 0 aliphatic rings. The summed E-state index contributed by atoms with van der Waals surface area (Å²) in [4.78, 5) is 11.1. The van der Waals surface area contributed by atoms with Gasteiger partial charge in [-0.25, -0.2) is 0 Å². The topological polar surface area (TPSA) is 59.6 Å². The van der Waals surface area contributed by atoms with Crippen LogP contribution in [0.15, 0.2) is 18.2 Å². The molecule has 1 aromatic rings. The summed E-state index contributed by atoms with van der Waals surface area (Å²) in [5, 5.41) is 6.07. The molecule has 0 fully saturated rings. The highest BCUT2D eigenvalue weighted by molar-refractivity contribution is 5.89. The molecule has 0 aliphatic carbocycles. The fourth-order valence-electron chi connectivity index (χ4n) is 1.67. The van der Waals surface area contributed by atoms with Crippen molar-refractivity contribution >= 4 is 17.3 Å². The Balaban J connectivity index is 2.92. The van der Waals surface area contributed by atoms with E-state index in [4.69, 9.17) is 9.47 Å². The van der Waals surface area contributed by atoms with Gasteiger partial charge in [-0.05, 0) is 32.0 Å². The molecule has 2 unspecified atom stereocenters. The van der Waals surface area contributed by atoms with Crippen LogP contribution >= 0.6 is 0 Å². The lowest BCUT2D eigenvalue weighted by atomic mass is 10.2. The van der Waals surface area contributed by atoms with Crippen LogP contribution in [0.25, 0.3) is 0 Å². The Bertz CT molecular complexity index is 435. The molecule has 5 nitrogen and oxygen atoms in total. The first-order valence-electron chi connectivity index (χ1n) is 6.23. The van der Waals surface area contributed by atoms with Gasteiger partial charge in [-0.1, -0.05) is 0 Å². The van der Waals surface area contributed by atoms with E-state index in [1.165, 1.54) is 6.92 Å². The Morgan fingerprint density at radius 1 is 1.26 bits per heavy atom. The lowest BCUT2D eigenvalue weighted by Crippen LogP contribution is -2.29.